The van der Waals surface area contributed by atoms with Crippen LogP contribution < -0.4 is 10.5 Å². The van der Waals surface area contributed by atoms with Crippen LogP contribution in [0.25, 0.3) is 0 Å². The molecule has 0 atom stereocenters. The summed E-state index contributed by atoms with van der Waals surface area (Å²) in [6, 6.07) is 5.40. The minimum Gasteiger partial charge on any atom is -0.490 e. The zero-order valence-electron chi connectivity index (χ0n) is 11.5. The van der Waals surface area contributed by atoms with Gasteiger partial charge in [-0.3, -0.25) is 5.41 Å². The van der Waals surface area contributed by atoms with Crippen molar-refractivity contribution in [3.8, 4) is 5.75 Å². The minimum absolute atomic E-state index is 0.0447. The summed E-state index contributed by atoms with van der Waals surface area (Å²) in [5.74, 6) is 0.585. The first-order chi connectivity index (χ1) is 8.89. The molecule has 0 spiro atoms. The van der Waals surface area contributed by atoms with Crippen LogP contribution in [0.5, 0.6) is 5.75 Å². The van der Waals surface area contributed by atoms with Crippen LogP contribution in [0.4, 0.5) is 0 Å². The first-order valence-corrected chi connectivity index (χ1v) is 7.06. The monoisotopic (exact) mass is 280 g/mol. The molecule has 3 N–H and O–H groups in total. The van der Waals surface area contributed by atoms with Gasteiger partial charge in [0.2, 0.25) is 0 Å². The molecule has 19 heavy (non-hydrogen) atoms. The van der Waals surface area contributed by atoms with Crippen LogP contribution in [0.1, 0.15) is 45.1 Å². The molecule has 1 saturated carbocycles. The molecule has 1 aliphatic rings. The smallest absolute Gasteiger partial charge is 0.132 e. The third-order valence-corrected chi connectivity index (χ3v) is 4.14. The molecule has 1 aliphatic carbocycles. The fraction of sp³-hybridized carbons (Fsp3) is 0.533. The predicted molar refractivity (Wildman–Crippen MR) is 79.1 cm³/mol. The zero-order valence-corrected chi connectivity index (χ0v) is 12.3. The Hall–Kier alpha value is -1.22. The highest BCUT2D eigenvalue weighted by Gasteiger charge is 2.28. The van der Waals surface area contributed by atoms with Crippen molar-refractivity contribution in [3.63, 3.8) is 0 Å². The van der Waals surface area contributed by atoms with E-state index in [2.05, 4.69) is 13.8 Å². The summed E-state index contributed by atoms with van der Waals surface area (Å²) in [7, 11) is 0. The Morgan fingerprint density at radius 2 is 2.00 bits per heavy atom. The average Bonchev–Trinajstić information content (AvgIpc) is 2.31. The molecule has 0 radical (unpaired) electrons. The van der Waals surface area contributed by atoms with Gasteiger partial charge in [0.15, 0.2) is 0 Å². The average molecular weight is 281 g/mol. The second-order valence-corrected chi connectivity index (χ2v) is 6.42. The number of amidine groups is 1. The van der Waals surface area contributed by atoms with Gasteiger partial charge >= 0.3 is 0 Å². The van der Waals surface area contributed by atoms with Crippen molar-refractivity contribution in [2.45, 2.75) is 45.6 Å². The first kappa shape index (κ1) is 14.2. The van der Waals surface area contributed by atoms with Gasteiger partial charge in [0.1, 0.15) is 11.6 Å². The number of benzene rings is 1. The summed E-state index contributed by atoms with van der Waals surface area (Å²) in [6.07, 6.45) is 4.60. The Balaban J connectivity index is 2.12. The molecule has 1 fully saturated rings. The Morgan fingerprint density at radius 1 is 1.37 bits per heavy atom. The second-order valence-electron chi connectivity index (χ2n) is 6.01. The van der Waals surface area contributed by atoms with E-state index >= 15 is 0 Å². The molecule has 0 saturated heterocycles. The maximum Gasteiger partial charge on any atom is 0.132 e. The summed E-state index contributed by atoms with van der Waals surface area (Å²) in [5.41, 5.74) is 6.51. The highest BCUT2D eigenvalue weighted by atomic mass is 35.5. The standard InChI is InChI=1S/C15H21ClN2O/c1-15(2)8-6-10(7-9-15)19-12-5-3-4-11(16)13(12)14(17)18/h3-5,10H,6-9H2,1-2H3,(H3,17,18). The molecule has 0 amide bonds. The summed E-state index contributed by atoms with van der Waals surface area (Å²) in [4.78, 5) is 0. The van der Waals surface area contributed by atoms with Gasteiger partial charge in [-0.15, -0.1) is 0 Å². The summed E-state index contributed by atoms with van der Waals surface area (Å²) in [5, 5.41) is 8.08. The topological polar surface area (TPSA) is 59.1 Å². The Morgan fingerprint density at radius 3 is 2.58 bits per heavy atom. The van der Waals surface area contributed by atoms with Crippen LogP contribution in [-0.4, -0.2) is 11.9 Å². The van der Waals surface area contributed by atoms with E-state index in [9.17, 15) is 0 Å². The molecule has 0 heterocycles. The molecule has 0 unspecified atom stereocenters. The van der Waals surface area contributed by atoms with Crippen LogP contribution in [0.15, 0.2) is 18.2 Å². The lowest BCUT2D eigenvalue weighted by atomic mass is 9.76. The van der Waals surface area contributed by atoms with Gasteiger partial charge in [0.25, 0.3) is 0 Å². The largest absolute Gasteiger partial charge is 0.490 e. The SMILES string of the molecule is CC1(C)CCC(Oc2cccc(Cl)c2C(=N)N)CC1. The molecular weight excluding hydrogens is 260 g/mol. The number of nitrogen functional groups attached to an aromatic ring is 1. The highest BCUT2D eigenvalue weighted by Crippen LogP contribution is 2.37. The fourth-order valence-corrected chi connectivity index (χ4v) is 2.80. The van der Waals surface area contributed by atoms with E-state index < -0.39 is 0 Å². The van der Waals surface area contributed by atoms with Gasteiger partial charge in [0.05, 0.1) is 16.7 Å². The van der Waals surface area contributed by atoms with E-state index in [1.165, 1.54) is 0 Å². The first-order valence-electron chi connectivity index (χ1n) is 6.69. The predicted octanol–water partition coefficient (Wildman–Crippen LogP) is 3.97. The van der Waals surface area contributed by atoms with Crippen molar-refractivity contribution in [1.82, 2.24) is 0 Å². The lowest BCUT2D eigenvalue weighted by Crippen LogP contribution is -2.29. The van der Waals surface area contributed by atoms with E-state index in [0.29, 0.717) is 21.8 Å². The molecule has 2 rings (SSSR count). The van der Waals surface area contributed by atoms with Gasteiger partial charge in [-0.25, -0.2) is 0 Å². The number of hydrogen-bond acceptors (Lipinski definition) is 2. The summed E-state index contributed by atoms with van der Waals surface area (Å²) >= 11 is 6.09. The molecule has 3 nitrogen and oxygen atoms in total. The maximum absolute atomic E-state index is 7.61. The zero-order chi connectivity index (χ0) is 14.0. The van der Waals surface area contributed by atoms with Crippen molar-refractivity contribution >= 4 is 17.4 Å². The quantitative estimate of drug-likeness (QED) is 0.650. The van der Waals surface area contributed by atoms with Crippen molar-refractivity contribution in [2.75, 3.05) is 0 Å². The van der Waals surface area contributed by atoms with Gasteiger partial charge < -0.3 is 10.5 Å². The van der Waals surface area contributed by atoms with E-state index in [-0.39, 0.29) is 11.9 Å². The van der Waals surface area contributed by atoms with Crippen molar-refractivity contribution in [1.29, 1.82) is 5.41 Å². The van der Waals surface area contributed by atoms with E-state index in [0.717, 1.165) is 25.7 Å². The third-order valence-electron chi connectivity index (χ3n) is 3.82. The van der Waals surface area contributed by atoms with Gasteiger partial charge in [0, 0.05) is 0 Å². The normalized spacial score (nSPS) is 19.1. The van der Waals surface area contributed by atoms with Crippen molar-refractivity contribution in [2.24, 2.45) is 11.1 Å². The molecule has 1 aromatic rings. The van der Waals surface area contributed by atoms with E-state index in [1.807, 2.05) is 12.1 Å². The molecule has 104 valence electrons. The lowest BCUT2D eigenvalue weighted by Gasteiger charge is -2.34. The number of rotatable bonds is 3. The number of halogens is 1. The van der Waals surface area contributed by atoms with Gasteiger partial charge in [-0.05, 0) is 43.2 Å². The van der Waals surface area contributed by atoms with E-state index in [1.54, 1.807) is 6.07 Å². The van der Waals surface area contributed by atoms with Crippen LogP contribution in [0, 0.1) is 10.8 Å². The van der Waals surface area contributed by atoms with Gasteiger partial charge in [-0.2, -0.15) is 0 Å². The van der Waals surface area contributed by atoms with Crippen LogP contribution in [0.3, 0.4) is 0 Å². The summed E-state index contributed by atoms with van der Waals surface area (Å²) in [6.45, 7) is 4.59. The number of nitrogens with two attached hydrogens (primary N) is 1. The Bertz CT molecular complexity index is 475. The molecular formula is C15H21ClN2O. The Kier molecular flexibility index (Phi) is 4.04. The summed E-state index contributed by atoms with van der Waals surface area (Å²) < 4.78 is 6.02. The van der Waals surface area contributed by atoms with Crippen LogP contribution in [0.2, 0.25) is 5.02 Å². The number of ether oxygens (including phenoxy) is 1. The molecule has 0 aliphatic heterocycles. The van der Waals surface area contributed by atoms with E-state index in [4.69, 9.17) is 27.5 Å². The van der Waals surface area contributed by atoms with Crippen molar-refractivity contribution in [3.05, 3.63) is 28.8 Å². The second kappa shape index (κ2) is 5.41. The number of hydrogen-bond donors (Lipinski definition) is 2. The van der Waals surface area contributed by atoms with Crippen molar-refractivity contribution < 1.29 is 4.74 Å². The van der Waals surface area contributed by atoms with Crippen LogP contribution in [-0.2, 0) is 0 Å². The minimum atomic E-state index is -0.0447. The highest BCUT2D eigenvalue weighted by molar-refractivity contribution is 6.34. The maximum atomic E-state index is 7.61. The van der Waals surface area contributed by atoms with Crippen LogP contribution >= 0.6 is 11.6 Å². The third kappa shape index (κ3) is 3.41. The molecule has 1 aromatic carbocycles. The molecule has 0 bridgehead atoms. The number of nitrogens with one attached hydrogen (secondary N) is 1. The molecule has 0 aromatic heterocycles. The molecule has 4 heteroatoms. The fourth-order valence-electron chi connectivity index (χ4n) is 2.53. The van der Waals surface area contributed by atoms with Gasteiger partial charge in [-0.1, -0.05) is 31.5 Å². The lowest BCUT2D eigenvalue weighted by molar-refractivity contribution is 0.0986. The Labute approximate surface area is 119 Å².